The summed E-state index contributed by atoms with van der Waals surface area (Å²) >= 11 is 0. The third-order valence-corrected chi connectivity index (χ3v) is 3.33. The van der Waals surface area contributed by atoms with Crippen LogP contribution in [0, 0.1) is 11.8 Å². The lowest BCUT2D eigenvalue weighted by Gasteiger charge is -2.30. The lowest BCUT2D eigenvalue weighted by atomic mass is 9.79. The average Bonchev–Trinajstić information content (AvgIpc) is 2.29. The van der Waals surface area contributed by atoms with Gasteiger partial charge in [0.25, 0.3) is 0 Å². The Morgan fingerprint density at radius 2 is 2.06 bits per heavy atom. The van der Waals surface area contributed by atoms with Crippen molar-refractivity contribution in [2.45, 2.75) is 32.2 Å². The van der Waals surface area contributed by atoms with Crippen LogP contribution in [-0.4, -0.2) is 31.4 Å². The number of rotatable bonds is 3. The van der Waals surface area contributed by atoms with Crippen molar-refractivity contribution >= 4 is 11.8 Å². The first-order valence-corrected chi connectivity index (χ1v) is 5.78. The van der Waals surface area contributed by atoms with Gasteiger partial charge in [0.1, 0.15) is 0 Å². The van der Waals surface area contributed by atoms with E-state index >= 15 is 0 Å². The Morgan fingerprint density at radius 3 is 2.62 bits per heavy atom. The first-order chi connectivity index (χ1) is 7.54. The van der Waals surface area contributed by atoms with Crippen LogP contribution in [-0.2, 0) is 9.59 Å². The molecule has 4 N–H and O–H groups in total. The molecule has 0 radical (unpaired) electrons. The maximum Gasteiger partial charge on any atom is 0.239 e. The summed E-state index contributed by atoms with van der Waals surface area (Å²) in [7, 11) is 1.55. The van der Waals surface area contributed by atoms with Crippen LogP contribution in [0.1, 0.15) is 26.2 Å². The van der Waals surface area contributed by atoms with Crippen LogP contribution in [0.4, 0.5) is 0 Å². The van der Waals surface area contributed by atoms with Crippen LogP contribution >= 0.6 is 0 Å². The maximum atomic E-state index is 11.7. The smallest absolute Gasteiger partial charge is 0.239 e. The second-order valence-corrected chi connectivity index (χ2v) is 4.54. The molecule has 0 spiro atoms. The first kappa shape index (κ1) is 13.0. The molecule has 0 saturated heterocycles. The van der Waals surface area contributed by atoms with Gasteiger partial charge in [0.05, 0.1) is 6.54 Å². The van der Waals surface area contributed by atoms with E-state index in [1.165, 1.54) is 0 Å². The van der Waals surface area contributed by atoms with Crippen molar-refractivity contribution < 1.29 is 9.59 Å². The largest absolute Gasteiger partial charge is 0.358 e. The van der Waals surface area contributed by atoms with E-state index in [9.17, 15) is 9.59 Å². The van der Waals surface area contributed by atoms with Gasteiger partial charge >= 0.3 is 0 Å². The molecule has 0 aromatic carbocycles. The van der Waals surface area contributed by atoms with Gasteiger partial charge in [-0.25, -0.2) is 0 Å². The van der Waals surface area contributed by atoms with Crippen molar-refractivity contribution in [3.63, 3.8) is 0 Å². The van der Waals surface area contributed by atoms with Gasteiger partial charge in [0.2, 0.25) is 11.8 Å². The Morgan fingerprint density at radius 1 is 1.38 bits per heavy atom. The number of nitrogens with two attached hydrogens (primary N) is 1. The summed E-state index contributed by atoms with van der Waals surface area (Å²) < 4.78 is 0. The van der Waals surface area contributed by atoms with Gasteiger partial charge in [-0.15, -0.1) is 0 Å². The SMILES string of the molecule is CNC(=O)CNC(=O)C1CCC(C)C(N)C1. The zero-order valence-corrected chi connectivity index (χ0v) is 9.95. The minimum absolute atomic E-state index is 0.0316. The predicted molar refractivity (Wildman–Crippen MR) is 61.6 cm³/mol. The lowest BCUT2D eigenvalue weighted by Crippen LogP contribution is -2.43. The fourth-order valence-electron chi connectivity index (χ4n) is 2.00. The molecule has 0 aliphatic heterocycles. The van der Waals surface area contributed by atoms with Crippen LogP contribution in [0.2, 0.25) is 0 Å². The quantitative estimate of drug-likeness (QED) is 0.614. The highest BCUT2D eigenvalue weighted by atomic mass is 16.2. The monoisotopic (exact) mass is 227 g/mol. The molecule has 1 aliphatic rings. The summed E-state index contributed by atoms with van der Waals surface area (Å²) in [5.74, 6) is 0.228. The van der Waals surface area contributed by atoms with Gasteiger partial charge in [0.15, 0.2) is 0 Å². The van der Waals surface area contributed by atoms with Gasteiger partial charge in [-0.1, -0.05) is 6.92 Å². The number of carbonyl (C=O) groups excluding carboxylic acids is 2. The number of amides is 2. The van der Waals surface area contributed by atoms with E-state index in [0.717, 1.165) is 19.3 Å². The highest BCUT2D eigenvalue weighted by Gasteiger charge is 2.29. The third kappa shape index (κ3) is 3.48. The zero-order chi connectivity index (χ0) is 12.1. The number of hydrogen-bond donors (Lipinski definition) is 3. The number of hydrogen-bond acceptors (Lipinski definition) is 3. The summed E-state index contributed by atoms with van der Waals surface area (Å²) in [5.41, 5.74) is 5.93. The molecule has 5 nitrogen and oxygen atoms in total. The molecule has 1 fully saturated rings. The molecule has 92 valence electrons. The molecule has 16 heavy (non-hydrogen) atoms. The zero-order valence-electron chi connectivity index (χ0n) is 9.95. The highest BCUT2D eigenvalue weighted by Crippen LogP contribution is 2.27. The van der Waals surface area contributed by atoms with E-state index in [1.54, 1.807) is 7.05 Å². The normalized spacial score (nSPS) is 29.6. The van der Waals surface area contributed by atoms with E-state index in [-0.39, 0.29) is 30.3 Å². The Hall–Kier alpha value is -1.10. The fraction of sp³-hybridized carbons (Fsp3) is 0.818. The number of carbonyl (C=O) groups is 2. The second-order valence-electron chi connectivity index (χ2n) is 4.54. The van der Waals surface area contributed by atoms with Gasteiger partial charge in [-0.05, 0) is 25.2 Å². The van der Waals surface area contributed by atoms with Crippen LogP contribution < -0.4 is 16.4 Å². The Kier molecular flexibility index (Phi) is 4.73. The molecule has 1 aliphatic carbocycles. The minimum Gasteiger partial charge on any atom is -0.358 e. The molecular weight excluding hydrogens is 206 g/mol. The van der Waals surface area contributed by atoms with Crippen LogP contribution in [0.5, 0.6) is 0 Å². The fourth-order valence-corrected chi connectivity index (χ4v) is 2.00. The van der Waals surface area contributed by atoms with Crippen molar-refractivity contribution in [2.75, 3.05) is 13.6 Å². The number of likely N-dealkylation sites (N-methyl/N-ethyl adjacent to an activating group) is 1. The standard InChI is InChI=1S/C11H21N3O2/c1-7-3-4-8(5-9(7)12)11(16)14-6-10(15)13-2/h7-9H,3-6,12H2,1-2H3,(H,13,15)(H,14,16). The summed E-state index contributed by atoms with van der Waals surface area (Å²) in [5, 5.41) is 5.09. The van der Waals surface area contributed by atoms with E-state index in [4.69, 9.17) is 5.73 Å². The minimum atomic E-state index is -0.179. The molecule has 2 amide bonds. The van der Waals surface area contributed by atoms with E-state index < -0.39 is 0 Å². The van der Waals surface area contributed by atoms with Crippen LogP contribution in [0.25, 0.3) is 0 Å². The summed E-state index contributed by atoms with van der Waals surface area (Å²) in [4.78, 5) is 22.7. The van der Waals surface area contributed by atoms with E-state index in [1.807, 2.05) is 0 Å². The lowest BCUT2D eigenvalue weighted by molar-refractivity contribution is -0.129. The van der Waals surface area contributed by atoms with Crippen molar-refractivity contribution in [2.24, 2.45) is 17.6 Å². The molecule has 3 atom stereocenters. The van der Waals surface area contributed by atoms with Gasteiger partial charge in [-0.2, -0.15) is 0 Å². The average molecular weight is 227 g/mol. The summed E-state index contributed by atoms with van der Waals surface area (Å²) in [6.45, 7) is 2.17. The molecule has 1 saturated carbocycles. The first-order valence-electron chi connectivity index (χ1n) is 5.78. The highest BCUT2D eigenvalue weighted by molar-refractivity contribution is 5.85. The Labute approximate surface area is 96.1 Å². The third-order valence-electron chi connectivity index (χ3n) is 3.33. The Balaban J connectivity index is 2.34. The van der Waals surface area contributed by atoms with Gasteiger partial charge < -0.3 is 16.4 Å². The molecule has 5 heteroatoms. The van der Waals surface area contributed by atoms with Crippen molar-refractivity contribution in [3.05, 3.63) is 0 Å². The van der Waals surface area contributed by atoms with Crippen LogP contribution in [0.15, 0.2) is 0 Å². The molecule has 0 bridgehead atoms. The second kappa shape index (κ2) is 5.84. The topological polar surface area (TPSA) is 84.2 Å². The Bertz CT molecular complexity index is 268. The molecule has 0 heterocycles. The van der Waals surface area contributed by atoms with Gasteiger partial charge in [0, 0.05) is 19.0 Å². The molecule has 3 unspecified atom stereocenters. The summed E-state index contributed by atoms with van der Waals surface area (Å²) in [6, 6.07) is 0.101. The van der Waals surface area contributed by atoms with Crippen molar-refractivity contribution in [1.29, 1.82) is 0 Å². The molecule has 0 aromatic heterocycles. The summed E-state index contributed by atoms with van der Waals surface area (Å²) in [6.07, 6.45) is 2.58. The van der Waals surface area contributed by atoms with Gasteiger partial charge in [-0.3, -0.25) is 9.59 Å². The van der Waals surface area contributed by atoms with E-state index in [2.05, 4.69) is 17.6 Å². The molecular formula is C11H21N3O2. The number of nitrogens with one attached hydrogen (secondary N) is 2. The molecule has 1 rings (SSSR count). The van der Waals surface area contributed by atoms with Crippen LogP contribution in [0.3, 0.4) is 0 Å². The molecule has 0 aromatic rings. The predicted octanol–water partition coefficient (Wildman–Crippen LogP) is -0.388. The van der Waals surface area contributed by atoms with Crippen molar-refractivity contribution in [3.8, 4) is 0 Å². The van der Waals surface area contributed by atoms with E-state index in [0.29, 0.717) is 5.92 Å². The van der Waals surface area contributed by atoms with Crippen molar-refractivity contribution in [1.82, 2.24) is 10.6 Å². The maximum absolute atomic E-state index is 11.7.